The maximum absolute atomic E-state index is 12.2. The Morgan fingerprint density at radius 3 is 2.56 bits per heavy atom. The molecule has 3 aromatic rings. The second-order valence-corrected chi connectivity index (χ2v) is 5.61. The van der Waals surface area contributed by atoms with Crippen molar-refractivity contribution in [1.29, 1.82) is 0 Å². The first-order valence-corrected chi connectivity index (χ1v) is 8.27. The van der Waals surface area contributed by atoms with Gasteiger partial charge in [0.25, 0.3) is 5.91 Å². The van der Waals surface area contributed by atoms with Crippen molar-refractivity contribution in [1.82, 2.24) is 0 Å². The van der Waals surface area contributed by atoms with Crippen molar-refractivity contribution in [3.8, 4) is 5.75 Å². The highest BCUT2D eigenvalue weighted by molar-refractivity contribution is 6.02. The van der Waals surface area contributed by atoms with Gasteiger partial charge in [-0.25, -0.2) is 0 Å². The Bertz CT molecular complexity index is 922. The van der Waals surface area contributed by atoms with E-state index >= 15 is 0 Å². The van der Waals surface area contributed by atoms with E-state index in [-0.39, 0.29) is 24.1 Å². The number of furan rings is 1. The van der Waals surface area contributed by atoms with Crippen LogP contribution in [0.3, 0.4) is 0 Å². The minimum Gasteiger partial charge on any atom is -0.495 e. The van der Waals surface area contributed by atoms with Crippen LogP contribution in [0.5, 0.6) is 5.75 Å². The van der Waals surface area contributed by atoms with Gasteiger partial charge in [0.1, 0.15) is 5.75 Å². The highest BCUT2D eigenvalue weighted by Gasteiger charge is 2.10. The second-order valence-electron chi connectivity index (χ2n) is 5.61. The largest absolute Gasteiger partial charge is 0.495 e. The molecule has 0 saturated carbocycles. The molecule has 0 bridgehead atoms. The molecule has 3 rings (SSSR count). The van der Waals surface area contributed by atoms with Gasteiger partial charge in [-0.15, -0.1) is 0 Å². The van der Waals surface area contributed by atoms with E-state index in [1.165, 1.54) is 6.26 Å². The molecule has 2 amide bonds. The zero-order chi connectivity index (χ0) is 19.1. The minimum absolute atomic E-state index is 0.0631. The molecule has 138 valence electrons. The summed E-state index contributed by atoms with van der Waals surface area (Å²) in [5.74, 6) is 0.258. The van der Waals surface area contributed by atoms with Crippen molar-refractivity contribution in [3.05, 3.63) is 72.7 Å². The summed E-state index contributed by atoms with van der Waals surface area (Å²) in [4.78, 5) is 24.2. The molecule has 0 fully saturated rings. The van der Waals surface area contributed by atoms with Gasteiger partial charge in [-0.1, -0.05) is 18.2 Å². The van der Waals surface area contributed by atoms with Crippen LogP contribution in [0.1, 0.15) is 10.6 Å². The van der Waals surface area contributed by atoms with Gasteiger partial charge in [0, 0.05) is 11.4 Å². The Hall–Kier alpha value is -3.74. The molecule has 0 spiro atoms. The van der Waals surface area contributed by atoms with E-state index in [9.17, 15) is 9.59 Å². The van der Waals surface area contributed by atoms with Crippen molar-refractivity contribution in [3.63, 3.8) is 0 Å². The zero-order valence-electron chi connectivity index (χ0n) is 14.7. The van der Waals surface area contributed by atoms with E-state index in [0.29, 0.717) is 22.8 Å². The van der Waals surface area contributed by atoms with Crippen LogP contribution in [0.4, 0.5) is 17.1 Å². The number of ether oxygens (including phenoxy) is 1. The third kappa shape index (κ3) is 4.88. The van der Waals surface area contributed by atoms with E-state index < -0.39 is 0 Å². The fraction of sp³-hybridized carbons (Fsp3) is 0.100. The van der Waals surface area contributed by atoms with E-state index in [2.05, 4.69) is 16.0 Å². The quantitative estimate of drug-likeness (QED) is 0.595. The number of anilines is 3. The minimum atomic E-state index is -0.342. The molecule has 1 heterocycles. The van der Waals surface area contributed by atoms with Gasteiger partial charge in [0.2, 0.25) is 5.91 Å². The topological polar surface area (TPSA) is 92.6 Å². The molecule has 0 aliphatic rings. The van der Waals surface area contributed by atoms with Gasteiger partial charge in [0.05, 0.1) is 25.6 Å². The molecule has 0 saturated heterocycles. The van der Waals surface area contributed by atoms with Crippen LogP contribution < -0.4 is 20.7 Å². The number of hydrogen-bond donors (Lipinski definition) is 3. The average molecular weight is 365 g/mol. The summed E-state index contributed by atoms with van der Waals surface area (Å²) in [5, 5.41) is 8.55. The summed E-state index contributed by atoms with van der Waals surface area (Å²) in [6.45, 7) is 0.0631. The summed E-state index contributed by atoms with van der Waals surface area (Å²) in [5.41, 5.74) is 1.89. The van der Waals surface area contributed by atoms with Crippen LogP contribution >= 0.6 is 0 Å². The van der Waals surface area contributed by atoms with Gasteiger partial charge in [0.15, 0.2) is 5.76 Å². The fourth-order valence-electron chi connectivity index (χ4n) is 2.43. The van der Waals surface area contributed by atoms with Crippen molar-refractivity contribution >= 4 is 28.9 Å². The van der Waals surface area contributed by atoms with Crippen LogP contribution in [-0.4, -0.2) is 25.5 Å². The van der Waals surface area contributed by atoms with Crippen molar-refractivity contribution in [2.45, 2.75) is 0 Å². The smallest absolute Gasteiger partial charge is 0.291 e. The molecule has 1 aromatic heterocycles. The molecule has 0 unspecified atom stereocenters. The van der Waals surface area contributed by atoms with Gasteiger partial charge in [-0.2, -0.15) is 0 Å². The Labute approximate surface area is 156 Å². The van der Waals surface area contributed by atoms with Crippen molar-refractivity contribution < 1.29 is 18.7 Å². The van der Waals surface area contributed by atoms with Crippen LogP contribution in [0.2, 0.25) is 0 Å². The van der Waals surface area contributed by atoms with Crippen LogP contribution in [0.15, 0.2) is 71.3 Å². The molecule has 7 nitrogen and oxygen atoms in total. The number of amides is 2. The number of nitrogens with one attached hydrogen (secondary N) is 3. The van der Waals surface area contributed by atoms with Crippen molar-refractivity contribution in [2.24, 2.45) is 0 Å². The lowest BCUT2D eigenvalue weighted by Crippen LogP contribution is -2.22. The molecule has 0 aliphatic heterocycles. The number of carbonyl (C=O) groups excluding carboxylic acids is 2. The monoisotopic (exact) mass is 365 g/mol. The van der Waals surface area contributed by atoms with Gasteiger partial charge in [-0.05, 0) is 42.5 Å². The molecule has 2 aromatic carbocycles. The molecule has 0 atom stereocenters. The zero-order valence-corrected chi connectivity index (χ0v) is 14.7. The molecule has 0 radical (unpaired) electrons. The normalized spacial score (nSPS) is 10.1. The number of rotatable bonds is 7. The molecule has 27 heavy (non-hydrogen) atoms. The van der Waals surface area contributed by atoms with E-state index in [0.717, 1.165) is 0 Å². The maximum Gasteiger partial charge on any atom is 0.291 e. The summed E-state index contributed by atoms with van der Waals surface area (Å²) in [6, 6.07) is 17.5. The summed E-state index contributed by atoms with van der Waals surface area (Å²) in [6.07, 6.45) is 1.44. The summed E-state index contributed by atoms with van der Waals surface area (Å²) < 4.78 is 10.3. The van der Waals surface area contributed by atoms with Crippen LogP contribution in [0.25, 0.3) is 0 Å². The SMILES string of the molecule is COc1ccccc1NC(=O)CNc1cccc(NC(=O)c2ccco2)c1. The lowest BCUT2D eigenvalue weighted by molar-refractivity contribution is -0.114. The summed E-state index contributed by atoms with van der Waals surface area (Å²) >= 11 is 0. The van der Waals surface area contributed by atoms with E-state index in [1.807, 2.05) is 12.1 Å². The fourth-order valence-corrected chi connectivity index (χ4v) is 2.43. The van der Waals surface area contributed by atoms with Crippen LogP contribution in [-0.2, 0) is 4.79 Å². The highest BCUT2D eigenvalue weighted by Crippen LogP contribution is 2.23. The molecule has 3 N–H and O–H groups in total. The van der Waals surface area contributed by atoms with E-state index in [1.54, 1.807) is 55.6 Å². The Balaban J connectivity index is 1.56. The number of carbonyl (C=O) groups is 2. The Morgan fingerprint density at radius 2 is 1.78 bits per heavy atom. The third-order valence-electron chi connectivity index (χ3n) is 3.70. The lowest BCUT2D eigenvalue weighted by Gasteiger charge is -2.11. The van der Waals surface area contributed by atoms with Crippen LogP contribution in [0, 0.1) is 0 Å². The maximum atomic E-state index is 12.2. The third-order valence-corrected chi connectivity index (χ3v) is 3.70. The number of hydrogen-bond acceptors (Lipinski definition) is 5. The Kier molecular flexibility index (Phi) is 5.73. The second kappa shape index (κ2) is 8.57. The molecule has 7 heteroatoms. The Morgan fingerprint density at radius 1 is 0.963 bits per heavy atom. The number of benzene rings is 2. The highest BCUT2D eigenvalue weighted by atomic mass is 16.5. The van der Waals surface area contributed by atoms with E-state index in [4.69, 9.17) is 9.15 Å². The molecular formula is C20H19N3O4. The molecule has 0 aliphatic carbocycles. The first-order chi connectivity index (χ1) is 13.2. The van der Waals surface area contributed by atoms with Crippen molar-refractivity contribution in [2.75, 3.05) is 29.6 Å². The average Bonchev–Trinajstić information content (AvgIpc) is 3.22. The van der Waals surface area contributed by atoms with Gasteiger partial charge < -0.3 is 25.1 Å². The standard InChI is InChI=1S/C20H19N3O4/c1-26-17-9-3-2-8-16(17)23-19(24)13-21-14-6-4-7-15(12-14)22-20(25)18-10-5-11-27-18/h2-12,21H,13H2,1H3,(H,22,25)(H,23,24). The predicted molar refractivity (Wildman–Crippen MR) is 103 cm³/mol. The lowest BCUT2D eigenvalue weighted by atomic mass is 10.2. The first-order valence-electron chi connectivity index (χ1n) is 8.27. The molecular weight excluding hydrogens is 346 g/mol. The summed E-state index contributed by atoms with van der Waals surface area (Å²) in [7, 11) is 1.55. The first kappa shape index (κ1) is 18.1. The number of para-hydroxylation sites is 2. The predicted octanol–water partition coefficient (Wildman–Crippen LogP) is 3.59. The number of methoxy groups -OCH3 is 1. The van der Waals surface area contributed by atoms with Gasteiger partial charge in [-0.3, -0.25) is 9.59 Å². The van der Waals surface area contributed by atoms with Gasteiger partial charge >= 0.3 is 0 Å².